The third kappa shape index (κ3) is 5.61. The topological polar surface area (TPSA) is 96.3 Å². The molecule has 1 aromatic rings. The SMILES string of the molecule is CC(C)[C@@H](NC(=O)C1CCCCC1)C(=O)N1CCC(NC(=O)c2cnn(C)c2)CC1. The van der Waals surface area contributed by atoms with Gasteiger partial charge in [-0.1, -0.05) is 33.1 Å². The van der Waals surface area contributed by atoms with Gasteiger partial charge in [-0.15, -0.1) is 0 Å². The summed E-state index contributed by atoms with van der Waals surface area (Å²) in [5.41, 5.74) is 0.543. The summed E-state index contributed by atoms with van der Waals surface area (Å²) in [6.45, 7) is 5.12. The summed E-state index contributed by atoms with van der Waals surface area (Å²) in [5.74, 6) is -0.0338. The van der Waals surface area contributed by atoms with Gasteiger partial charge in [-0.05, 0) is 31.6 Å². The van der Waals surface area contributed by atoms with E-state index in [0.29, 0.717) is 31.5 Å². The van der Waals surface area contributed by atoms with E-state index in [-0.39, 0.29) is 35.6 Å². The molecule has 3 amide bonds. The summed E-state index contributed by atoms with van der Waals surface area (Å²) in [4.78, 5) is 39.9. The van der Waals surface area contributed by atoms with E-state index in [0.717, 1.165) is 25.7 Å². The monoisotopic (exact) mass is 417 g/mol. The molecule has 8 nitrogen and oxygen atoms in total. The maximum absolute atomic E-state index is 13.1. The summed E-state index contributed by atoms with van der Waals surface area (Å²) in [6.07, 6.45) is 9.89. The van der Waals surface area contributed by atoms with Crippen molar-refractivity contribution < 1.29 is 14.4 Å². The average molecular weight is 418 g/mol. The summed E-state index contributed by atoms with van der Waals surface area (Å²) in [6, 6.07) is -0.447. The lowest BCUT2D eigenvalue weighted by atomic mass is 9.88. The van der Waals surface area contributed by atoms with Crippen LogP contribution in [0, 0.1) is 11.8 Å². The average Bonchev–Trinajstić information content (AvgIpc) is 3.19. The van der Waals surface area contributed by atoms with Gasteiger partial charge in [-0.25, -0.2) is 0 Å². The van der Waals surface area contributed by atoms with Crippen molar-refractivity contribution in [3.63, 3.8) is 0 Å². The second-order valence-corrected chi connectivity index (χ2v) is 9.04. The highest BCUT2D eigenvalue weighted by Gasteiger charge is 2.33. The van der Waals surface area contributed by atoms with Crippen molar-refractivity contribution in [2.75, 3.05) is 13.1 Å². The van der Waals surface area contributed by atoms with E-state index in [4.69, 9.17) is 0 Å². The molecule has 1 saturated carbocycles. The molecule has 0 radical (unpaired) electrons. The fourth-order valence-electron chi connectivity index (χ4n) is 4.40. The molecule has 2 heterocycles. The van der Waals surface area contributed by atoms with Crippen molar-refractivity contribution in [3.8, 4) is 0 Å². The number of hydrogen-bond donors (Lipinski definition) is 2. The Morgan fingerprint density at radius 1 is 1.07 bits per heavy atom. The van der Waals surface area contributed by atoms with E-state index in [1.165, 1.54) is 6.42 Å². The van der Waals surface area contributed by atoms with Gasteiger partial charge in [0.15, 0.2) is 0 Å². The Labute approximate surface area is 178 Å². The number of aryl methyl sites for hydroxylation is 1. The van der Waals surface area contributed by atoms with Gasteiger partial charge in [-0.2, -0.15) is 5.10 Å². The van der Waals surface area contributed by atoms with Gasteiger partial charge in [0, 0.05) is 38.3 Å². The predicted octanol–water partition coefficient (Wildman–Crippen LogP) is 1.86. The van der Waals surface area contributed by atoms with Crippen LogP contribution >= 0.6 is 0 Å². The lowest BCUT2D eigenvalue weighted by Crippen LogP contribution is -2.55. The van der Waals surface area contributed by atoms with Crippen molar-refractivity contribution in [2.45, 2.75) is 70.9 Å². The Hall–Kier alpha value is -2.38. The first-order chi connectivity index (χ1) is 14.3. The highest BCUT2D eigenvalue weighted by molar-refractivity contribution is 5.94. The molecule has 1 atom stereocenters. The van der Waals surface area contributed by atoms with Gasteiger partial charge in [0.1, 0.15) is 6.04 Å². The van der Waals surface area contributed by atoms with Crippen LogP contribution in [0.3, 0.4) is 0 Å². The largest absolute Gasteiger partial charge is 0.349 e. The van der Waals surface area contributed by atoms with Crippen LogP contribution in [0.1, 0.15) is 69.2 Å². The Bertz CT molecular complexity index is 746. The number of piperidine rings is 1. The maximum Gasteiger partial charge on any atom is 0.254 e. The Morgan fingerprint density at radius 3 is 2.30 bits per heavy atom. The maximum atomic E-state index is 13.1. The number of amides is 3. The Kier molecular flexibility index (Phi) is 7.50. The molecule has 8 heteroatoms. The highest BCUT2D eigenvalue weighted by Crippen LogP contribution is 2.24. The van der Waals surface area contributed by atoms with Crippen LogP contribution in [-0.2, 0) is 16.6 Å². The number of likely N-dealkylation sites (tertiary alicyclic amines) is 1. The fraction of sp³-hybridized carbons (Fsp3) is 0.727. The molecule has 30 heavy (non-hydrogen) atoms. The first-order valence-corrected chi connectivity index (χ1v) is 11.2. The van der Waals surface area contributed by atoms with Crippen LogP contribution in [0.15, 0.2) is 12.4 Å². The zero-order chi connectivity index (χ0) is 21.7. The zero-order valence-corrected chi connectivity index (χ0v) is 18.4. The van der Waals surface area contributed by atoms with Crippen LogP contribution in [0.5, 0.6) is 0 Å². The summed E-state index contributed by atoms with van der Waals surface area (Å²) in [7, 11) is 1.78. The molecule has 0 bridgehead atoms. The van der Waals surface area contributed by atoms with Crippen LogP contribution < -0.4 is 10.6 Å². The highest BCUT2D eigenvalue weighted by atomic mass is 16.2. The van der Waals surface area contributed by atoms with E-state index in [2.05, 4.69) is 15.7 Å². The number of carbonyl (C=O) groups is 3. The van der Waals surface area contributed by atoms with E-state index in [9.17, 15) is 14.4 Å². The van der Waals surface area contributed by atoms with E-state index in [1.54, 1.807) is 24.1 Å². The van der Waals surface area contributed by atoms with Gasteiger partial charge in [0.05, 0.1) is 11.8 Å². The molecule has 2 fully saturated rings. The Morgan fingerprint density at radius 2 is 1.73 bits per heavy atom. The molecule has 1 aliphatic carbocycles. The summed E-state index contributed by atoms with van der Waals surface area (Å²) >= 11 is 0. The molecule has 1 aliphatic heterocycles. The van der Waals surface area contributed by atoms with Gasteiger partial charge >= 0.3 is 0 Å². The standard InChI is InChI=1S/C22H35N5O3/c1-15(2)19(25-20(28)16-7-5-4-6-8-16)22(30)27-11-9-18(10-12-27)24-21(29)17-13-23-26(3)14-17/h13-16,18-19H,4-12H2,1-3H3,(H,24,29)(H,25,28)/t19-/m1/s1. The van der Waals surface area contributed by atoms with Gasteiger partial charge in [-0.3, -0.25) is 19.1 Å². The molecule has 166 valence electrons. The second kappa shape index (κ2) is 10.1. The lowest BCUT2D eigenvalue weighted by Gasteiger charge is -2.36. The molecule has 0 unspecified atom stereocenters. The van der Waals surface area contributed by atoms with Crippen LogP contribution in [0.2, 0.25) is 0 Å². The third-order valence-electron chi connectivity index (χ3n) is 6.32. The van der Waals surface area contributed by atoms with Gasteiger partial charge < -0.3 is 15.5 Å². The van der Waals surface area contributed by atoms with Crippen molar-refractivity contribution in [1.82, 2.24) is 25.3 Å². The molecule has 1 aromatic heterocycles. The molecule has 0 aromatic carbocycles. The lowest BCUT2D eigenvalue weighted by molar-refractivity contribution is -0.139. The van der Waals surface area contributed by atoms with E-state index < -0.39 is 6.04 Å². The normalized spacial score (nSPS) is 19.5. The number of aromatic nitrogens is 2. The van der Waals surface area contributed by atoms with E-state index >= 15 is 0 Å². The van der Waals surface area contributed by atoms with Crippen molar-refractivity contribution in [1.29, 1.82) is 0 Å². The Balaban J connectivity index is 1.50. The van der Waals surface area contributed by atoms with Crippen LogP contribution in [-0.4, -0.2) is 57.6 Å². The molecule has 2 aliphatic rings. The molecule has 2 N–H and O–H groups in total. The van der Waals surface area contributed by atoms with Gasteiger partial charge in [0.25, 0.3) is 5.91 Å². The molecule has 1 saturated heterocycles. The van der Waals surface area contributed by atoms with Crippen molar-refractivity contribution in [3.05, 3.63) is 18.0 Å². The molecule has 3 rings (SSSR count). The number of carbonyl (C=O) groups excluding carboxylic acids is 3. The third-order valence-corrected chi connectivity index (χ3v) is 6.32. The minimum absolute atomic E-state index is 0.00815. The number of rotatable bonds is 6. The quantitative estimate of drug-likeness (QED) is 0.738. The minimum Gasteiger partial charge on any atom is -0.349 e. The summed E-state index contributed by atoms with van der Waals surface area (Å²) < 4.78 is 1.60. The number of hydrogen-bond acceptors (Lipinski definition) is 4. The number of nitrogens with one attached hydrogen (secondary N) is 2. The van der Waals surface area contributed by atoms with Crippen molar-refractivity contribution >= 4 is 17.7 Å². The number of nitrogens with zero attached hydrogens (tertiary/aromatic N) is 3. The first-order valence-electron chi connectivity index (χ1n) is 11.2. The zero-order valence-electron chi connectivity index (χ0n) is 18.4. The minimum atomic E-state index is -0.485. The first kappa shape index (κ1) is 22.3. The van der Waals surface area contributed by atoms with Crippen LogP contribution in [0.25, 0.3) is 0 Å². The molecular formula is C22H35N5O3. The van der Waals surface area contributed by atoms with E-state index in [1.807, 2.05) is 18.7 Å². The second-order valence-electron chi connectivity index (χ2n) is 9.04. The fourth-order valence-corrected chi connectivity index (χ4v) is 4.40. The molecule has 0 spiro atoms. The van der Waals surface area contributed by atoms with Crippen LogP contribution in [0.4, 0.5) is 0 Å². The van der Waals surface area contributed by atoms with Gasteiger partial charge in [0.2, 0.25) is 11.8 Å². The smallest absolute Gasteiger partial charge is 0.254 e. The summed E-state index contributed by atoms with van der Waals surface area (Å²) in [5, 5.41) is 10.1. The molecular weight excluding hydrogens is 382 g/mol. The predicted molar refractivity (Wildman–Crippen MR) is 114 cm³/mol. The van der Waals surface area contributed by atoms with Crippen molar-refractivity contribution in [2.24, 2.45) is 18.9 Å².